The number of aryl methyl sites for hydroxylation is 9. The molecule has 5 heterocycles. The predicted octanol–water partition coefficient (Wildman–Crippen LogP) is 11.3. The molecule has 4 aromatic heterocycles. The molecule has 5 aromatic carbocycles. The van der Waals surface area contributed by atoms with E-state index in [9.17, 15) is 4.79 Å². The van der Waals surface area contributed by atoms with Crippen molar-refractivity contribution in [3.63, 3.8) is 0 Å². The SMILES string of the molecule is CC(=O)SCc1ccc(C#Cc2ccc(C3=c4ccc([nH]4)=C(c4c(C)cc(C)cc4C)c4ccc([nH]4)C(c4c(C)cc(C)cc4C)=c4ccc([nH]4)=C(c4c(C)cc(C)cc4C)c4ccc3[nH]4)cc2)cc1. The van der Waals surface area contributed by atoms with E-state index < -0.39 is 0 Å². The van der Waals surface area contributed by atoms with Crippen LogP contribution < -0.4 is 21.4 Å². The van der Waals surface area contributed by atoms with Crippen molar-refractivity contribution in [1.29, 1.82) is 0 Å². The highest BCUT2D eigenvalue weighted by molar-refractivity contribution is 8.12. The van der Waals surface area contributed by atoms with E-state index in [0.717, 1.165) is 88.7 Å². The molecule has 0 amide bonds. The second-order valence-electron chi connectivity index (χ2n) is 19.3. The lowest BCUT2D eigenvalue weighted by molar-refractivity contribution is -0.109. The van der Waals surface area contributed by atoms with Crippen LogP contribution in [-0.2, 0) is 10.5 Å². The van der Waals surface area contributed by atoms with Gasteiger partial charge in [-0.3, -0.25) is 4.79 Å². The number of benzene rings is 5. The lowest BCUT2D eigenvalue weighted by Crippen LogP contribution is -2.20. The molecule has 0 radical (unpaired) electrons. The van der Waals surface area contributed by atoms with Gasteiger partial charge in [0.15, 0.2) is 5.12 Å². The normalized spacial score (nSPS) is 12.4. The number of carbonyl (C=O) groups excluding carboxylic acids is 1. The summed E-state index contributed by atoms with van der Waals surface area (Å²) in [5.74, 6) is 7.41. The highest BCUT2D eigenvalue weighted by atomic mass is 32.2. The Morgan fingerprint density at radius 2 is 0.714 bits per heavy atom. The molecule has 0 aliphatic carbocycles. The minimum Gasteiger partial charge on any atom is -0.354 e. The molecular formula is C64H58N4OS. The Morgan fingerprint density at radius 3 is 1.06 bits per heavy atom. The Hall–Kier alpha value is -7.72. The first-order valence-corrected chi connectivity index (χ1v) is 25.0. The Balaban J connectivity index is 1.25. The van der Waals surface area contributed by atoms with Crippen molar-refractivity contribution >= 4 is 39.2 Å². The van der Waals surface area contributed by atoms with Crippen LogP contribution in [0.1, 0.15) is 119 Å². The minimum absolute atomic E-state index is 0.120. The van der Waals surface area contributed by atoms with Gasteiger partial charge in [-0.1, -0.05) is 101 Å². The Labute approximate surface area is 415 Å². The number of thioether (sulfide) groups is 1. The van der Waals surface area contributed by atoms with Crippen molar-refractivity contribution in [2.75, 3.05) is 0 Å². The standard InChI is InChI=1S/C64H58N4OS/c1-36-29-39(4)58(40(5)30-36)62-52-23-21-50(65-52)61(49-19-17-47(18-20-49)12-11-46-13-15-48(16-14-46)35-70-45(10)69)51-22-24-53(66-51)63(59-41(6)31-37(2)32-42(59)7)55-26-28-57(68-55)64(56-27-25-54(62)67-56)60-43(8)33-38(3)34-44(60)9/h13-34,65-68H,35H2,1-10H3. The molecule has 0 unspecified atom stereocenters. The van der Waals surface area contributed by atoms with E-state index in [0.29, 0.717) is 5.75 Å². The maximum Gasteiger partial charge on any atom is 0.186 e. The van der Waals surface area contributed by atoms with E-state index >= 15 is 0 Å². The quantitative estimate of drug-likeness (QED) is 0.125. The first-order chi connectivity index (χ1) is 33.7. The summed E-state index contributed by atoms with van der Waals surface area (Å²) in [5, 5.41) is 4.21. The van der Waals surface area contributed by atoms with E-state index in [2.05, 4.69) is 203 Å². The summed E-state index contributed by atoms with van der Waals surface area (Å²) in [4.78, 5) is 27.5. The second-order valence-corrected chi connectivity index (χ2v) is 20.4. The molecule has 5 nitrogen and oxygen atoms in total. The Kier molecular flexibility index (Phi) is 12.3. The molecule has 0 fully saturated rings. The Morgan fingerprint density at radius 1 is 0.400 bits per heavy atom. The smallest absolute Gasteiger partial charge is 0.186 e. The summed E-state index contributed by atoms with van der Waals surface area (Å²) < 4.78 is 0. The zero-order chi connectivity index (χ0) is 49.0. The van der Waals surface area contributed by atoms with Crippen LogP contribution in [0, 0.1) is 74.2 Å². The fraction of sp³-hybridized carbons (Fsp3) is 0.172. The number of H-pyrrole nitrogens is 4. The first-order valence-electron chi connectivity index (χ1n) is 24.1. The summed E-state index contributed by atoms with van der Waals surface area (Å²) in [5.41, 5.74) is 27.3. The number of aromatic amines is 4. The van der Waals surface area contributed by atoms with E-state index in [-0.39, 0.29) is 5.12 Å². The fourth-order valence-electron chi connectivity index (χ4n) is 10.9. The van der Waals surface area contributed by atoms with Crippen molar-refractivity contribution in [2.45, 2.75) is 75.0 Å². The first kappa shape index (κ1) is 46.0. The van der Waals surface area contributed by atoms with Crippen LogP contribution >= 0.6 is 11.8 Å². The maximum absolute atomic E-state index is 11.5. The average Bonchev–Trinajstić information content (AvgIpc) is 4.16. The summed E-state index contributed by atoms with van der Waals surface area (Å²) in [6.07, 6.45) is 0. The molecule has 6 heteroatoms. The van der Waals surface area contributed by atoms with Crippen LogP contribution in [0.2, 0.25) is 0 Å². The largest absolute Gasteiger partial charge is 0.354 e. The van der Waals surface area contributed by atoms with Gasteiger partial charge < -0.3 is 19.9 Å². The third-order valence-corrected chi connectivity index (χ3v) is 14.5. The number of hydrogen-bond donors (Lipinski definition) is 4. The molecule has 1 aliphatic rings. The van der Waals surface area contributed by atoms with Crippen molar-refractivity contribution < 1.29 is 4.79 Å². The molecule has 70 heavy (non-hydrogen) atoms. The molecule has 0 saturated carbocycles. The average molecular weight is 931 g/mol. The molecule has 4 N–H and O–H groups in total. The van der Waals surface area contributed by atoms with Crippen molar-refractivity contribution in [3.05, 3.63) is 267 Å². The van der Waals surface area contributed by atoms with E-state index in [4.69, 9.17) is 0 Å². The fourth-order valence-corrected chi connectivity index (χ4v) is 11.5. The highest BCUT2D eigenvalue weighted by Gasteiger charge is 2.22. The van der Waals surface area contributed by atoms with Gasteiger partial charge in [-0.05, 0) is 196 Å². The number of aromatic nitrogens is 4. The van der Waals surface area contributed by atoms with Gasteiger partial charge in [-0.15, -0.1) is 0 Å². The minimum atomic E-state index is 0.120. The molecule has 10 rings (SSSR count). The summed E-state index contributed by atoms with van der Waals surface area (Å²) in [6.45, 7) is 21.5. The summed E-state index contributed by atoms with van der Waals surface area (Å²) in [7, 11) is 0. The Bertz CT molecular complexity index is 3820. The van der Waals surface area contributed by atoms with Gasteiger partial charge >= 0.3 is 0 Å². The lowest BCUT2D eigenvalue weighted by atomic mass is 9.91. The maximum atomic E-state index is 11.5. The lowest BCUT2D eigenvalue weighted by Gasteiger charge is -2.16. The van der Waals surface area contributed by atoms with Crippen LogP contribution in [0.5, 0.6) is 0 Å². The van der Waals surface area contributed by atoms with Crippen molar-refractivity contribution in [3.8, 4) is 11.8 Å². The predicted molar refractivity (Wildman–Crippen MR) is 291 cm³/mol. The van der Waals surface area contributed by atoms with Gasteiger partial charge in [0.25, 0.3) is 0 Å². The van der Waals surface area contributed by atoms with Gasteiger partial charge in [0.05, 0.1) is 0 Å². The van der Waals surface area contributed by atoms with Crippen LogP contribution in [-0.4, -0.2) is 25.1 Å². The summed E-state index contributed by atoms with van der Waals surface area (Å²) >= 11 is 1.32. The highest BCUT2D eigenvalue weighted by Crippen LogP contribution is 2.34. The molecule has 0 spiro atoms. The molecule has 0 saturated heterocycles. The number of fused-ring (bicyclic) bond motifs is 8. The number of rotatable bonds is 6. The van der Waals surface area contributed by atoms with Crippen molar-refractivity contribution in [2.24, 2.45) is 0 Å². The summed E-state index contributed by atoms with van der Waals surface area (Å²) in [6, 6.07) is 48.4. The van der Waals surface area contributed by atoms with Gasteiger partial charge in [0.1, 0.15) is 0 Å². The van der Waals surface area contributed by atoms with E-state index in [1.807, 2.05) is 24.3 Å². The van der Waals surface area contributed by atoms with Crippen LogP contribution in [0.25, 0.3) is 22.3 Å². The van der Waals surface area contributed by atoms with E-state index in [1.165, 1.54) is 78.5 Å². The van der Waals surface area contributed by atoms with Gasteiger partial charge in [-0.2, -0.15) is 0 Å². The third-order valence-electron chi connectivity index (χ3n) is 13.6. The van der Waals surface area contributed by atoms with Gasteiger partial charge in [0, 0.05) is 90.3 Å². The van der Waals surface area contributed by atoms with E-state index in [1.54, 1.807) is 6.92 Å². The van der Waals surface area contributed by atoms with Crippen LogP contribution in [0.4, 0.5) is 0 Å². The van der Waals surface area contributed by atoms with Crippen molar-refractivity contribution in [1.82, 2.24) is 19.9 Å². The van der Waals surface area contributed by atoms with Crippen LogP contribution in [0.15, 0.2) is 133 Å². The monoisotopic (exact) mass is 930 g/mol. The molecule has 0 atom stereocenters. The molecule has 9 aromatic rings. The van der Waals surface area contributed by atoms with Gasteiger partial charge in [0.2, 0.25) is 0 Å². The second kappa shape index (κ2) is 18.6. The number of carbonyl (C=O) groups is 1. The zero-order valence-corrected chi connectivity index (χ0v) is 42.5. The molecule has 1 aliphatic heterocycles. The molecular weight excluding hydrogens is 873 g/mol. The van der Waals surface area contributed by atoms with Gasteiger partial charge in [-0.25, -0.2) is 0 Å². The molecule has 346 valence electrons. The molecule has 8 bridgehead atoms. The number of hydrogen-bond acceptors (Lipinski definition) is 2. The third kappa shape index (κ3) is 8.90. The number of nitrogens with one attached hydrogen (secondary N) is 4. The topological polar surface area (TPSA) is 80.2 Å². The van der Waals surface area contributed by atoms with Crippen LogP contribution in [0.3, 0.4) is 0 Å². The zero-order valence-electron chi connectivity index (χ0n) is 41.7.